The van der Waals surface area contributed by atoms with Crippen LogP contribution in [0.5, 0.6) is 0 Å². The van der Waals surface area contributed by atoms with E-state index in [1.54, 1.807) is 6.20 Å². The van der Waals surface area contributed by atoms with Crippen LogP contribution in [-0.4, -0.2) is 27.5 Å². The summed E-state index contributed by atoms with van der Waals surface area (Å²) in [6, 6.07) is 7.41. The second-order valence-corrected chi connectivity index (χ2v) is 7.70. The molecule has 0 aliphatic heterocycles. The smallest absolute Gasteiger partial charge is 0.255 e. The van der Waals surface area contributed by atoms with Crippen LogP contribution in [0.15, 0.2) is 45.6 Å². The second kappa shape index (κ2) is 10.0. The number of aromatic amines is 1. The molecule has 0 spiro atoms. The van der Waals surface area contributed by atoms with Gasteiger partial charge in [-0.15, -0.1) is 11.3 Å². The number of aryl methyl sites for hydroxylation is 1. The van der Waals surface area contributed by atoms with E-state index in [-0.39, 0.29) is 11.5 Å². The molecule has 1 aromatic carbocycles. The van der Waals surface area contributed by atoms with E-state index in [0.717, 1.165) is 30.5 Å². The molecule has 152 valence electrons. The highest BCUT2D eigenvalue weighted by Gasteiger charge is 2.05. The molecule has 6 N–H and O–H groups in total. The highest BCUT2D eigenvalue weighted by molar-refractivity contribution is 7.13. The van der Waals surface area contributed by atoms with Crippen molar-refractivity contribution in [2.45, 2.75) is 25.7 Å². The summed E-state index contributed by atoms with van der Waals surface area (Å²) in [6.45, 7) is 0.699. The van der Waals surface area contributed by atoms with Gasteiger partial charge in [-0.05, 0) is 37.0 Å². The topological polar surface area (TPSA) is 135 Å². The van der Waals surface area contributed by atoms with Gasteiger partial charge in [-0.2, -0.15) is 4.99 Å². The fourth-order valence-electron chi connectivity index (χ4n) is 2.67. The molecule has 0 atom stereocenters. The molecule has 8 nitrogen and oxygen atoms in total. The molecule has 0 saturated heterocycles. The van der Waals surface area contributed by atoms with E-state index in [1.807, 2.05) is 29.6 Å². The summed E-state index contributed by atoms with van der Waals surface area (Å²) in [5, 5.41) is 6.34. The Hall–Kier alpha value is -2.91. The first-order valence-electron chi connectivity index (χ1n) is 9.10. The molecule has 2 aromatic heterocycles. The van der Waals surface area contributed by atoms with Gasteiger partial charge in [0.25, 0.3) is 5.56 Å². The minimum Gasteiger partial charge on any atom is -0.370 e. The molecule has 0 fully saturated rings. The van der Waals surface area contributed by atoms with E-state index < -0.39 is 0 Å². The van der Waals surface area contributed by atoms with Gasteiger partial charge >= 0.3 is 0 Å². The number of anilines is 1. The lowest BCUT2D eigenvalue weighted by Gasteiger charge is -2.06. The number of aromatic nitrogens is 3. The van der Waals surface area contributed by atoms with E-state index in [2.05, 4.69) is 25.3 Å². The van der Waals surface area contributed by atoms with E-state index in [1.165, 1.54) is 11.3 Å². The Kier molecular flexibility index (Phi) is 7.20. The van der Waals surface area contributed by atoms with Crippen LogP contribution < -0.4 is 22.3 Å². The van der Waals surface area contributed by atoms with Crippen LogP contribution in [0.1, 0.15) is 29.7 Å². The number of hydrogen-bond donors (Lipinski definition) is 4. The van der Waals surface area contributed by atoms with Crippen molar-refractivity contribution >= 4 is 40.0 Å². The average Bonchev–Trinajstić information content (AvgIpc) is 3.12. The monoisotopic (exact) mass is 431 g/mol. The minimum absolute atomic E-state index is 0.00998. The maximum absolute atomic E-state index is 12.3. The molecule has 3 rings (SSSR count). The maximum atomic E-state index is 12.3. The van der Waals surface area contributed by atoms with Crippen LogP contribution in [0.25, 0.3) is 0 Å². The molecule has 0 amide bonds. The van der Waals surface area contributed by atoms with Crippen LogP contribution in [0, 0.1) is 0 Å². The molecule has 0 bridgehead atoms. The van der Waals surface area contributed by atoms with E-state index in [4.69, 9.17) is 23.1 Å². The third-order valence-electron chi connectivity index (χ3n) is 4.10. The minimum atomic E-state index is -0.146. The third kappa shape index (κ3) is 6.58. The third-order valence-corrected chi connectivity index (χ3v) is 5.13. The van der Waals surface area contributed by atoms with Gasteiger partial charge in [-0.3, -0.25) is 9.78 Å². The Morgan fingerprint density at radius 3 is 2.76 bits per heavy atom. The van der Waals surface area contributed by atoms with Crippen LogP contribution >= 0.6 is 22.9 Å². The Labute approximate surface area is 177 Å². The molecule has 0 aliphatic carbocycles. The molecular formula is C19H22ClN7OS. The summed E-state index contributed by atoms with van der Waals surface area (Å²) in [6.07, 6.45) is 4.80. The van der Waals surface area contributed by atoms with Crippen LogP contribution in [0.3, 0.4) is 0 Å². The Bertz CT molecular complexity index is 1030. The van der Waals surface area contributed by atoms with Crippen molar-refractivity contribution in [3.63, 3.8) is 0 Å². The highest BCUT2D eigenvalue weighted by atomic mass is 35.5. The van der Waals surface area contributed by atoms with Crippen LogP contribution in [0.4, 0.5) is 11.1 Å². The van der Waals surface area contributed by atoms with Gasteiger partial charge in [0.15, 0.2) is 5.96 Å². The zero-order valence-electron chi connectivity index (χ0n) is 15.7. The fourth-order valence-corrected chi connectivity index (χ4v) is 3.54. The molecule has 2 heterocycles. The molecule has 0 aliphatic rings. The van der Waals surface area contributed by atoms with Gasteiger partial charge in [0.2, 0.25) is 11.1 Å². The number of unbranched alkanes of at least 4 members (excludes halogenated alkanes) is 1. The number of nitrogens with one attached hydrogen (secondary N) is 2. The average molecular weight is 432 g/mol. The first-order valence-corrected chi connectivity index (χ1v) is 10.4. The number of hydrogen-bond acceptors (Lipinski definition) is 6. The largest absolute Gasteiger partial charge is 0.370 e. The predicted octanol–water partition coefficient (Wildman–Crippen LogP) is 2.81. The lowest BCUT2D eigenvalue weighted by Crippen LogP contribution is -2.21. The van der Waals surface area contributed by atoms with Gasteiger partial charge in [-0.25, -0.2) is 9.97 Å². The lowest BCUT2D eigenvalue weighted by molar-refractivity contribution is 0.748. The van der Waals surface area contributed by atoms with E-state index >= 15 is 0 Å². The van der Waals surface area contributed by atoms with Crippen molar-refractivity contribution in [1.29, 1.82) is 0 Å². The van der Waals surface area contributed by atoms with Crippen molar-refractivity contribution in [3.8, 4) is 0 Å². The van der Waals surface area contributed by atoms with Gasteiger partial charge in [0.05, 0.1) is 5.69 Å². The van der Waals surface area contributed by atoms with Crippen molar-refractivity contribution in [3.05, 3.63) is 68.0 Å². The number of thiazole rings is 1. The fraction of sp³-hybridized carbons (Fsp3) is 0.263. The summed E-state index contributed by atoms with van der Waals surface area (Å²) in [4.78, 5) is 27.6. The van der Waals surface area contributed by atoms with Crippen LogP contribution in [0.2, 0.25) is 5.02 Å². The number of nitrogens with two attached hydrogens (primary N) is 2. The molecule has 0 radical (unpaired) electrons. The first-order chi connectivity index (χ1) is 14.0. The van der Waals surface area contributed by atoms with Crippen molar-refractivity contribution in [2.75, 3.05) is 11.9 Å². The van der Waals surface area contributed by atoms with Gasteiger partial charge in [-0.1, -0.05) is 23.7 Å². The normalized spacial score (nSPS) is 10.7. The number of halogens is 1. The second-order valence-electron chi connectivity index (χ2n) is 6.43. The molecule has 10 heteroatoms. The Morgan fingerprint density at radius 1 is 1.24 bits per heavy atom. The number of nitrogens with zero attached hydrogens (tertiary/aromatic N) is 3. The predicted molar refractivity (Wildman–Crippen MR) is 118 cm³/mol. The van der Waals surface area contributed by atoms with Crippen molar-refractivity contribution in [1.82, 2.24) is 15.0 Å². The van der Waals surface area contributed by atoms with Crippen LogP contribution in [-0.2, 0) is 12.8 Å². The standard InChI is InChI=1S/C19H22ClN7OS/c20-14-6-4-12(5-7-14)9-13-10-24-18(26-16(13)28)23-8-2-1-3-15-11-29-19(25-15)27-17(21)22/h4-7,10-11H,1-3,8-9H2,(H4,21,22,25,27)(H2,23,24,26,28). The van der Waals surface area contributed by atoms with E-state index in [9.17, 15) is 4.79 Å². The number of benzene rings is 1. The summed E-state index contributed by atoms with van der Waals surface area (Å²) in [5.74, 6) is 0.481. The summed E-state index contributed by atoms with van der Waals surface area (Å²) < 4.78 is 0. The SMILES string of the molecule is NC(N)=Nc1nc(CCCCNc2ncc(Cc3ccc(Cl)cc3)c(=O)[nH]2)cs1. The highest BCUT2D eigenvalue weighted by Crippen LogP contribution is 2.19. The quantitative estimate of drug-likeness (QED) is 0.234. The number of aliphatic imine (C=N–C) groups is 1. The van der Waals surface area contributed by atoms with Gasteiger partial charge in [0.1, 0.15) is 0 Å². The summed E-state index contributed by atoms with van der Waals surface area (Å²) in [5.41, 5.74) is 13.1. The Morgan fingerprint density at radius 2 is 2.03 bits per heavy atom. The van der Waals surface area contributed by atoms with Gasteiger partial charge < -0.3 is 16.8 Å². The zero-order valence-corrected chi connectivity index (χ0v) is 17.3. The molecule has 3 aromatic rings. The molecule has 0 unspecified atom stereocenters. The number of guanidine groups is 1. The van der Waals surface area contributed by atoms with E-state index in [0.29, 0.717) is 34.6 Å². The van der Waals surface area contributed by atoms with Crippen molar-refractivity contribution < 1.29 is 0 Å². The number of H-pyrrole nitrogens is 1. The summed E-state index contributed by atoms with van der Waals surface area (Å²) in [7, 11) is 0. The summed E-state index contributed by atoms with van der Waals surface area (Å²) >= 11 is 7.30. The molecule has 0 saturated carbocycles. The molecule has 29 heavy (non-hydrogen) atoms. The number of rotatable bonds is 9. The lowest BCUT2D eigenvalue weighted by atomic mass is 10.1. The Balaban J connectivity index is 1.43. The molecular weight excluding hydrogens is 410 g/mol. The van der Waals surface area contributed by atoms with Gasteiger partial charge in [0, 0.05) is 35.1 Å². The first kappa shape index (κ1) is 20.8. The van der Waals surface area contributed by atoms with Crippen molar-refractivity contribution in [2.24, 2.45) is 16.5 Å². The maximum Gasteiger partial charge on any atom is 0.255 e. The zero-order chi connectivity index (χ0) is 20.6.